The number of nitrogens with zero attached hydrogens (tertiary/aromatic N) is 1. The van der Waals surface area contributed by atoms with Gasteiger partial charge < -0.3 is 5.32 Å². The van der Waals surface area contributed by atoms with Crippen LogP contribution in [0.5, 0.6) is 0 Å². The fourth-order valence-corrected chi connectivity index (χ4v) is 3.68. The first kappa shape index (κ1) is 14.0. The van der Waals surface area contributed by atoms with E-state index in [1.165, 1.54) is 12.8 Å². The summed E-state index contributed by atoms with van der Waals surface area (Å²) in [5.41, 5.74) is 1.10. The molecule has 1 aliphatic rings. The van der Waals surface area contributed by atoms with E-state index in [-0.39, 0.29) is 11.9 Å². The normalized spacial score (nSPS) is 21.9. The van der Waals surface area contributed by atoms with Gasteiger partial charge in [-0.15, -0.1) is 0 Å². The Morgan fingerprint density at radius 3 is 3.11 bits per heavy atom. The Hall–Kier alpha value is -1.47. The maximum Gasteiger partial charge on any atom is 0.251 e. The number of hydrogen-bond donors (Lipinski definition) is 1. The van der Waals surface area contributed by atoms with Gasteiger partial charge in [0, 0.05) is 16.9 Å². The highest BCUT2D eigenvalue weighted by atomic mass is 32.2. The molecule has 1 saturated carbocycles. The standard InChI is InChI=1S/C15H18N2OS/c1-2-19-14-8-4-7-13(14)17-15(18)12-6-3-5-11(9-12)10-16/h3,5-6,9,13-14H,2,4,7-8H2,1H3,(H,17,18). The predicted octanol–water partition coefficient (Wildman–Crippen LogP) is 2.96. The Morgan fingerprint density at radius 2 is 2.37 bits per heavy atom. The molecule has 100 valence electrons. The summed E-state index contributed by atoms with van der Waals surface area (Å²) in [4.78, 5) is 12.2. The summed E-state index contributed by atoms with van der Waals surface area (Å²) >= 11 is 1.92. The molecule has 1 aliphatic carbocycles. The maximum atomic E-state index is 12.2. The number of amides is 1. The minimum Gasteiger partial charge on any atom is -0.348 e. The smallest absolute Gasteiger partial charge is 0.251 e. The lowest BCUT2D eigenvalue weighted by molar-refractivity contribution is 0.0938. The summed E-state index contributed by atoms with van der Waals surface area (Å²) in [6.45, 7) is 2.15. The summed E-state index contributed by atoms with van der Waals surface area (Å²) in [5.74, 6) is 1.02. The van der Waals surface area contributed by atoms with Gasteiger partial charge in [-0.2, -0.15) is 17.0 Å². The van der Waals surface area contributed by atoms with Crippen molar-refractivity contribution in [1.82, 2.24) is 5.32 Å². The van der Waals surface area contributed by atoms with E-state index >= 15 is 0 Å². The highest BCUT2D eigenvalue weighted by Gasteiger charge is 2.28. The first-order valence-corrected chi connectivity index (χ1v) is 7.72. The van der Waals surface area contributed by atoms with Gasteiger partial charge in [-0.3, -0.25) is 4.79 Å². The van der Waals surface area contributed by atoms with Crippen molar-refractivity contribution in [1.29, 1.82) is 5.26 Å². The van der Waals surface area contributed by atoms with Crippen molar-refractivity contribution in [2.24, 2.45) is 0 Å². The number of nitrogens with one attached hydrogen (secondary N) is 1. The summed E-state index contributed by atoms with van der Waals surface area (Å²) in [7, 11) is 0. The lowest BCUT2D eigenvalue weighted by Gasteiger charge is -2.20. The van der Waals surface area contributed by atoms with E-state index in [2.05, 4.69) is 18.3 Å². The van der Waals surface area contributed by atoms with Crippen LogP contribution in [0.2, 0.25) is 0 Å². The zero-order chi connectivity index (χ0) is 13.7. The molecule has 0 heterocycles. The molecule has 2 atom stereocenters. The van der Waals surface area contributed by atoms with Gasteiger partial charge in [0.25, 0.3) is 5.91 Å². The van der Waals surface area contributed by atoms with Crippen LogP contribution in [0.4, 0.5) is 0 Å². The van der Waals surface area contributed by atoms with Crippen molar-refractivity contribution in [3.05, 3.63) is 35.4 Å². The number of benzene rings is 1. The van der Waals surface area contributed by atoms with Crippen LogP contribution in [0, 0.1) is 11.3 Å². The number of rotatable bonds is 4. The van der Waals surface area contributed by atoms with Gasteiger partial charge in [-0.05, 0) is 36.8 Å². The number of thioether (sulfide) groups is 1. The molecule has 1 aromatic carbocycles. The van der Waals surface area contributed by atoms with Crippen molar-refractivity contribution < 1.29 is 4.79 Å². The zero-order valence-corrected chi connectivity index (χ0v) is 11.9. The van der Waals surface area contributed by atoms with E-state index in [0.717, 1.165) is 12.2 Å². The minimum absolute atomic E-state index is 0.0642. The number of hydrogen-bond acceptors (Lipinski definition) is 3. The molecule has 0 radical (unpaired) electrons. The average Bonchev–Trinajstić information content (AvgIpc) is 2.86. The maximum absolute atomic E-state index is 12.2. The molecule has 1 aromatic rings. The van der Waals surface area contributed by atoms with Crippen LogP contribution in [-0.2, 0) is 0 Å². The van der Waals surface area contributed by atoms with Crippen LogP contribution in [0.3, 0.4) is 0 Å². The van der Waals surface area contributed by atoms with Gasteiger partial charge in [0.2, 0.25) is 0 Å². The Morgan fingerprint density at radius 1 is 1.53 bits per heavy atom. The third-order valence-electron chi connectivity index (χ3n) is 3.40. The third kappa shape index (κ3) is 3.51. The second-order valence-corrected chi connectivity index (χ2v) is 6.21. The van der Waals surface area contributed by atoms with Crippen molar-refractivity contribution in [3.8, 4) is 6.07 Å². The number of nitriles is 1. The van der Waals surface area contributed by atoms with Crippen molar-refractivity contribution >= 4 is 17.7 Å². The summed E-state index contributed by atoms with van der Waals surface area (Å²) < 4.78 is 0. The molecule has 0 aliphatic heterocycles. The van der Waals surface area contributed by atoms with Crippen LogP contribution in [-0.4, -0.2) is 23.0 Å². The molecule has 2 rings (SSSR count). The lowest BCUT2D eigenvalue weighted by atomic mass is 10.1. The Bertz CT molecular complexity index is 495. The van der Waals surface area contributed by atoms with E-state index in [0.29, 0.717) is 16.4 Å². The molecular formula is C15H18N2OS. The molecule has 1 amide bonds. The Kier molecular flexibility index (Phi) is 4.86. The largest absolute Gasteiger partial charge is 0.348 e. The SMILES string of the molecule is CCSC1CCCC1NC(=O)c1cccc(C#N)c1. The van der Waals surface area contributed by atoms with Crippen molar-refractivity contribution in [2.45, 2.75) is 37.5 Å². The molecule has 0 aromatic heterocycles. The van der Waals surface area contributed by atoms with Gasteiger partial charge in [-0.25, -0.2) is 0 Å². The predicted molar refractivity (Wildman–Crippen MR) is 78.2 cm³/mol. The molecule has 1 fully saturated rings. The van der Waals surface area contributed by atoms with Gasteiger partial charge in [0.1, 0.15) is 0 Å². The highest BCUT2D eigenvalue weighted by molar-refractivity contribution is 7.99. The van der Waals surface area contributed by atoms with E-state index in [1.54, 1.807) is 24.3 Å². The van der Waals surface area contributed by atoms with Crippen LogP contribution in [0.1, 0.15) is 42.1 Å². The number of carbonyl (C=O) groups excluding carboxylic acids is 1. The fraction of sp³-hybridized carbons (Fsp3) is 0.467. The molecule has 0 saturated heterocycles. The second-order valence-electron chi connectivity index (χ2n) is 4.70. The van der Waals surface area contributed by atoms with Crippen molar-refractivity contribution in [3.63, 3.8) is 0 Å². The van der Waals surface area contributed by atoms with E-state index < -0.39 is 0 Å². The van der Waals surface area contributed by atoms with Crippen LogP contribution >= 0.6 is 11.8 Å². The quantitative estimate of drug-likeness (QED) is 0.918. The van der Waals surface area contributed by atoms with Crippen LogP contribution in [0.15, 0.2) is 24.3 Å². The lowest BCUT2D eigenvalue weighted by Crippen LogP contribution is -2.38. The van der Waals surface area contributed by atoms with Gasteiger partial charge in [0.15, 0.2) is 0 Å². The van der Waals surface area contributed by atoms with Crippen LogP contribution in [0.25, 0.3) is 0 Å². The van der Waals surface area contributed by atoms with Gasteiger partial charge >= 0.3 is 0 Å². The molecule has 0 bridgehead atoms. The molecule has 3 nitrogen and oxygen atoms in total. The minimum atomic E-state index is -0.0642. The average molecular weight is 274 g/mol. The van der Waals surface area contributed by atoms with Crippen molar-refractivity contribution in [2.75, 3.05) is 5.75 Å². The van der Waals surface area contributed by atoms with Gasteiger partial charge in [0.05, 0.1) is 11.6 Å². The first-order valence-electron chi connectivity index (χ1n) is 6.67. The summed E-state index contributed by atoms with van der Waals surface area (Å²) in [6, 6.07) is 9.19. The third-order valence-corrected chi connectivity index (χ3v) is 4.73. The number of carbonyl (C=O) groups is 1. The topological polar surface area (TPSA) is 52.9 Å². The Balaban J connectivity index is 2.02. The summed E-state index contributed by atoms with van der Waals surface area (Å²) in [6.07, 6.45) is 3.42. The summed E-state index contributed by atoms with van der Waals surface area (Å²) in [5, 5.41) is 12.5. The first-order chi connectivity index (χ1) is 9.24. The molecule has 4 heteroatoms. The Labute approximate surface area is 118 Å². The molecule has 0 spiro atoms. The van der Waals surface area contributed by atoms with Crippen LogP contribution < -0.4 is 5.32 Å². The molecule has 19 heavy (non-hydrogen) atoms. The van der Waals surface area contributed by atoms with E-state index in [4.69, 9.17) is 5.26 Å². The van der Waals surface area contributed by atoms with E-state index in [1.807, 2.05) is 11.8 Å². The molecular weight excluding hydrogens is 256 g/mol. The highest BCUT2D eigenvalue weighted by Crippen LogP contribution is 2.30. The fourth-order valence-electron chi connectivity index (χ4n) is 2.49. The van der Waals surface area contributed by atoms with E-state index in [9.17, 15) is 4.79 Å². The van der Waals surface area contributed by atoms with Gasteiger partial charge in [-0.1, -0.05) is 19.4 Å². The monoisotopic (exact) mass is 274 g/mol. The molecule has 1 N–H and O–H groups in total. The second kappa shape index (κ2) is 6.63. The zero-order valence-electron chi connectivity index (χ0n) is 11.1. The molecule has 2 unspecified atom stereocenters.